The number of hydrogen-bond donors (Lipinski definition) is 1. The molecular weight excluding hydrogens is 412 g/mol. The molecule has 0 radical (unpaired) electrons. The van der Waals surface area contributed by atoms with Gasteiger partial charge in [0.15, 0.2) is 0 Å². The summed E-state index contributed by atoms with van der Waals surface area (Å²) in [6.45, 7) is 0.726. The predicted octanol–water partition coefficient (Wildman–Crippen LogP) is 3.63. The van der Waals surface area contributed by atoms with Gasteiger partial charge in [-0.15, -0.1) is 0 Å². The zero-order valence-corrected chi connectivity index (χ0v) is 18.4. The Morgan fingerprint density at radius 3 is 2.13 bits per heavy atom. The lowest BCUT2D eigenvalue weighted by Gasteiger charge is -2.22. The van der Waals surface area contributed by atoms with Crippen molar-refractivity contribution in [1.82, 2.24) is 5.32 Å². The third kappa shape index (κ3) is 6.33. The van der Waals surface area contributed by atoms with E-state index in [0.29, 0.717) is 24.2 Å². The summed E-state index contributed by atoms with van der Waals surface area (Å²) < 4.78 is 31.1. The van der Waals surface area contributed by atoms with E-state index >= 15 is 0 Å². The smallest absolute Gasteiger partial charge is 0.251 e. The number of benzene rings is 3. The molecule has 0 atom stereocenters. The largest absolute Gasteiger partial charge is 0.497 e. The Morgan fingerprint density at radius 1 is 0.903 bits per heavy atom. The molecule has 6 nitrogen and oxygen atoms in total. The molecule has 0 aliphatic carbocycles. The Kier molecular flexibility index (Phi) is 7.31. The van der Waals surface area contributed by atoms with Crippen LogP contribution in [0, 0.1) is 0 Å². The number of nitrogens with zero attached hydrogens (tertiary/aromatic N) is 1. The number of anilines is 1. The molecule has 3 aromatic rings. The van der Waals surface area contributed by atoms with E-state index in [4.69, 9.17) is 4.74 Å². The predicted molar refractivity (Wildman–Crippen MR) is 123 cm³/mol. The molecule has 3 rings (SSSR count). The van der Waals surface area contributed by atoms with Crippen LogP contribution in [0.3, 0.4) is 0 Å². The van der Waals surface area contributed by atoms with Gasteiger partial charge in [-0.3, -0.25) is 9.10 Å². The van der Waals surface area contributed by atoms with Gasteiger partial charge in [-0.25, -0.2) is 8.42 Å². The van der Waals surface area contributed by atoms with Crippen molar-refractivity contribution in [3.05, 3.63) is 95.6 Å². The fourth-order valence-corrected chi connectivity index (χ4v) is 4.03. The maximum Gasteiger partial charge on any atom is 0.251 e. The summed E-state index contributed by atoms with van der Waals surface area (Å²) in [5, 5.41) is 2.89. The summed E-state index contributed by atoms with van der Waals surface area (Å²) in [6.07, 6.45) is 1.88. The number of methoxy groups -OCH3 is 1. The van der Waals surface area contributed by atoms with Gasteiger partial charge in [0.2, 0.25) is 10.0 Å². The first-order valence-electron chi connectivity index (χ1n) is 9.89. The third-order valence-corrected chi connectivity index (χ3v) is 5.99. The molecule has 0 heterocycles. The summed E-state index contributed by atoms with van der Waals surface area (Å²) >= 11 is 0. The Balaban J connectivity index is 1.62. The van der Waals surface area contributed by atoms with Crippen LogP contribution < -0.4 is 14.4 Å². The van der Waals surface area contributed by atoms with Gasteiger partial charge in [-0.05, 0) is 53.9 Å². The minimum atomic E-state index is -3.48. The van der Waals surface area contributed by atoms with Gasteiger partial charge in [-0.1, -0.05) is 42.5 Å². The van der Waals surface area contributed by atoms with E-state index < -0.39 is 10.0 Å². The molecule has 0 saturated carbocycles. The second kappa shape index (κ2) is 10.1. The third-order valence-electron chi connectivity index (χ3n) is 4.85. The minimum Gasteiger partial charge on any atom is -0.497 e. The van der Waals surface area contributed by atoms with Crippen molar-refractivity contribution < 1.29 is 17.9 Å². The zero-order valence-electron chi connectivity index (χ0n) is 17.6. The highest BCUT2D eigenvalue weighted by Crippen LogP contribution is 2.21. The summed E-state index contributed by atoms with van der Waals surface area (Å²) in [4.78, 5) is 12.4. The van der Waals surface area contributed by atoms with E-state index in [-0.39, 0.29) is 12.5 Å². The van der Waals surface area contributed by atoms with Crippen molar-refractivity contribution in [2.24, 2.45) is 0 Å². The van der Waals surface area contributed by atoms with E-state index in [0.717, 1.165) is 16.9 Å². The first-order valence-corrected chi connectivity index (χ1v) is 11.7. The average molecular weight is 439 g/mol. The van der Waals surface area contributed by atoms with Crippen LogP contribution in [0.2, 0.25) is 0 Å². The molecule has 1 N–H and O–H groups in total. The van der Waals surface area contributed by atoms with Crippen LogP contribution in [0.15, 0.2) is 78.9 Å². The molecule has 0 aliphatic heterocycles. The number of ether oxygens (including phenoxy) is 1. The fraction of sp³-hybridized carbons (Fsp3) is 0.208. The molecule has 0 aliphatic rings. The number of hydrogen-bond acceptors (Lipinski definition) is 4. The maximum absolute atomic E-state index is 12.4. The summed E-state index contributed by atoms with van der Waals surface area (Å²) in [5.74, 6) is 0.595. The highest BCUT2D eigenvalue weighted by Gasteiger charge is 2.18. The van der Waals surface area contributed by atoms with Crippen LogP contribution in [0.4, 0.5) is 5.69 Å². The van der Waals surface area contributed by atoms with Gasteiger partial charge >= 0.3 is 0 Å². The molecule has 7 heteroatoms. The van der Waals surface area contributed by atoms with Crippen LogP contribution in [0.25, 0.3) is 0 Å². The topological polar surface area (TPSA) is 75.7 Å². The van der Waals surface area contributed by atoms with Gasteiger partial charge in [0, 0.05) is 12.1 Å². The van der Waals surface area contributed by atoms with E-state index in [9.17, 15) is 13.2 Å². The molecule has 0 bridgehead atoms. The monoisotopic (exact) mass is 438 g/mol. The van der Waals surface area contributed by atoms with E-state index in [1.165, 1.54) is 10.6 Å². The van der Waals surface area contributed by atoms with Crippen LogP contribution >= 0.6 is 0 Å². The van der Waals surface area contributed by atoms with Crippen molar-refractivity contribution in [2.75, 3.05) is 24.2 Å². The number of carbonyl (C=O) groups is 1. The lowest BCUT2D eigenvalue weighted by Crippen LogP contribution is -2.29. The molecule has 31 heavy (non-hydrogen) atoms. The molecule has 0 unspecified atom stereocenters. The van der Waals surface area contributed by atoms with Crippen molar-refractivity contribution in [3.8, 4) is 5.75 Å². The minimum absolute atomic E-state index is 0.200. The molecular formula is C24H26N2O4S. The second-order valence-electron chi connectivity index (χ2n) is 7.16. The molecule has 162 valence electrons. The van der Waals surface area contributed by atoms with Crippen LogP contribution in [0.1, 0.15) is 21.5 Å². The van der Waals surface area contributed by atoms with Gasteiger partial charge in [0.05, 0.1) is 25.6 Å². The van der Waals surface area contributed by atoms with Gasteiger partial charge in [-0.2, -0.15) is 0 Å². The first-order chi connectivity index (χ1) is 14.9. The van der Waals surface area contributed by atoms with Gasteiger partial charge in [0.25, 0.3) is 5.91 Å². The van der Waals surface area contributed by atoms with Crippen LogP contribution in [0.5, 0.6) is 5.75 Å². The van der Waals surface area contributed by atoms with E-state index in [1.807, 2.05) is 54.6 Å². The fourth-order valence-electron chi connectivity index (χ4n) is 3.14. The molecule has 3 aromatic carbocycles. The molecule has 1 amide bonds. The van der Waals surface area contributed by atoms with Crippen molar-refractivity contribution in [3.63, 3.8) is 0 Å². The van der Waals surface area contributed by atoms with Crippen molar-refractivity contribution in [2.45, 2.75) is 13.0 Å². The highest BCUT2D eigenvalue weighted by atomic mass is 32.2. The number of sulfonamides is 1. The van der Waals surface area contributed by atoms with Gasteiger partial charge < -0.3 is 10.1 Å². The van der Waals surface area contributed by atoms with Crippen LogP contribution in [-0.4, -0.2) is 34.2 Å². The summed E-state index contributed by atoms with van der Waals surface area (Å²) in [5.41, 5.74) is 2.97. The van der Waals surface area contributed by atoms with E-state index in [1.54, 1.807) is 31.4 Å². The van der Waals surface area contributed by atoms with E-state index in [2.05, 4.69) is 5.32 Å². The SMILES string of the molecule is COc1ccc(CCNC(=O)c2ccc(N(Cc3ccccc3)S(C)(=O)=O)cc2)cc1. The summed E-state index contributed by atoms with van der Waals surface area (Å²) in [6, 6.07) is 23.7. The van der Waals surface area contributed by atoms with Crippen LogP contribution in [-0.2, 0) is 23.0 Å². The number of amides is 1. The van der Waals surface area contributed by atoms with Crippen molar-refractivity contribution >= 4 is 21.6 Å². The Labute approximate surface area is 183 Å². The molecule has 0 saturated heterocycles. The lowest BCUT2D eigenvalue weighted by atomic mass is 10.1. The molecule has 0 aromatic heterocycles. The Bertz CT molecular complexity index is 1100. The normalized spacial score (nSPS) is 11.0. The Hall–Kier alpha value is -3.32. The number of rotatable bonds is 9. The van der Waals surface area contributed by atoms with Crippen molar-refractivity contribution in [1.29, 1.82) is 0 Å². The number of carbonyl (C=O) groups excluding carboxylic acids is 1. The number of nitrogens with one attached hydrogen (secondary N) is 1. The second-order valence-corrected chi connectivity index (χ2v) is 9.06. The quantitative estimate of drug-likeness (QED) is 0.554. The Morgan fingerprint density at radius 2 is 1.55 bits per heavy atom. The average Bonchev–Trinajstić information content (AvgIpc) is 2.78. The highest BCUT2D eigenvalue weighted by molar-refractivity contribution is 7.92. The zero-order chi connectivity index (χ0) is 22.3. The molecule has 0 fully saturated rings. The van der Waals surface area contributed by atoms with Gasteiger partial charge in [0.1, 0.15) is 5.75 Å². The summed E-state index contributed by atoms with van der Waals surface area (Å²) in [7, 11) is -1.85. The lowest BCUT2D eigenvalue weighted by molar-refractivity contribution is 0.0954. The first kappa shape index (κ1) is 22.4. The molecule has 0 spiro atoms. The maximum atomic E-state index is 12.4. The standard InChI is InChI=1S/C24H26N2O4S/c1-30-23-14-8-19(9-15-23)16-17-25-24(27)21-10-12-22(13-11-21)26(31(2,28)29)18-20-6-4-3-5-7-20/h3-15H,16-18H2,1-2H3,(H,25,27).